The van der Waals surface area contributed by atoms with Gasteiger partial charge >= 0.3 is 0 Å². The van der Waals surface area contributed by atoms with Crippen LogP contribution in [0.25, 0.3) is 6.08 Å². The molecule has 0 spiro atoms. The van der Waals surface area contributed by atoms with E-state index in [-0.39, 0.29) is 12.0 Å². The van der Waals surface area contributed by atoms with Crippen LogP contribution in [0.5, 0.6) is 11.5 Å². The van der Waals surface area contributed by atoms with Crippen LogP contribution in [-0.2, 0) is 9.53 Å². The zero-order valence-corrected chi connectivity index (χ0v) is 13.9. The lowest BCUT2D eigenvalue weighted by molar-refractivity contribution is -0.117. The van der Waals surface area contributed by atoms with E-state index in [0.717, 1.165) is 5.56 Å². The number of carbonyl (C=O) groups excluding carboxylic acids is 1. The molecule has 128 valence electrons. The number of benzene rings is 1. The standard InChI is InChI=1S/C18H21NO5/c1-21-14-8-6-13(11-16(14)22-2)7-9-18(20)19-12-17(23-3)15-5-4-10-24-15/h4-11,17H,12H2,1-3H3,(H,19,20)/b9-7+/t17-/m0/s1. The van der Waals surface area contributed by atoms with Crippen molar-refractivity contribution in [2.45, 2.75) is 6.10 Å². The average molecular weight is 331 g/mol. The van der Waals surface area contributed by atoms with Gasteiger partial charge in [0.25, 0.3) is 0 Å². The van der Waals surface area contributed by atoms with Crippen molar-refractivity contribution in [2.24, 2.45) is 0 Å². The Balaban J connectivity index is 1.93. The number of ether oxygens (including phenoxy) is 3. The van der Waals surface area contributed by atoms with Gasteiger partial charge in [0.15, 0.2) is 11.5 Å². The summed E-state index contributed by atoms with van der Waals surface area (Å²) in [7, 11) is 4.71. The Morgan fingerprint density at radius 3 is 2.62 bits per heavy atom. The fraction of sp³-hybridized carbons (Fsp3) is 0.278. The first-order chi connectivity index (χ1) is 11.7. The maximum Gasteiger partial charge on any atom is 0.244 e. The Hall–Kier alpha value is -2.73. The molecule has 1 amide bonds. The number of carbonyl (C=O) groups is 1. The minimum Gasteiger partial charge on any atom is -0.493 e. The highest BCUT2D eigenvalue weighted by atomic mass is 16.5. The number of nitrogens with one attached hydrogen (secondary N) is 1. The van der Waals surface area contributed by atoms with E-state index >= 15 is 0 Å². The summed E-state index contributed by atoms with van der Waals surface area (Å²) >= 11 is 0. The van der Waals surface area contributed by atoms with Gasteiger partial charge in [-0.2, -0.15) is 0 Å². The lowest BCUT2D eigenvalue weighted by atomic mass is 10.2. The zero-order chi connectivity index (χ0) is 17.4. The summed E-state index contributed by atoms with van der Waals surface area (Å²) in [5.74, 6) is 1.69. The van der Waals surface area contributed by atoms with Gasteiger partial charge in [-0.25, -0.2) is 0 Å². The van der Waals surface area contributed by atoms with E-state index in [1.807, 2.05) is 6.07 Å². The quantitative estimate of drug-likeness (QED) is 0.753. The molecule has 0 aliphatic heterocycles. The number of amides is 1. The molecule has 0 saturated carbocycles. The molecule has 6 heteroatoms. The number of methoxy groups -OCH3 is 3. The summed E-state index contributed by atoms with van der Waals surface area (Å²) in [5.41, 5.74) is 0.831. The van der Waals surface area contributed by atoms with Crippen molar-refractivity contribution < 1.29 is 23.4 Å². The Morgan fingerprint density at radius 1 is 1.21 bits per heavy atom. The van der Waals surface area contributed by atoms with Crippen LogP contribution in [0.1, 0.15) is 17.4 Å². The topological polar surface area (TPSA) is 69.9 Å². The number of furan rings is 1. The van der Waals surface area contributed by atoms with Crippen LogP contribution in [0.4, 0.5) is 0 Å². The minimum absolute atomic E-state index is 0.224. The van der Waals surface area contributed by atoms with Crippen LogP contribution in [0.2, 0.25) is 0 Å². The first-order valence-electron chi connectivity index (χ1n) is 7.42. The second kappa shape index (κ2) is 8.79. The zero-order valence-electron chi connectivity index (χ0n) is 13.9. The molecule has 1 N–H and O–H groups in total. The molecule has 1 aromatic carbocycles. The lowest BCUT2D eigenvalue weighted by Gasteiger charge is -2.12. The predicted octanol–water partition coefficient (Wildman–Crippen LogP) is 2.81. The Kier molecular flexibility index (Phi) is 6.45. The fourth-order valence-electron chi connectivity index (χ4n) is 2.16. The highest BCUT2D eigenvalue weighted by Crippen LogP contribution is 2.27. The highest BCUT2D eigenvalue weighted by Gasteiger charge is 2.13. The smallest absolute Gasteiger partial charge is 0.244 e. The normalized spacial score (nSPS) is 12.1. The van der Waals surface area contributed by atoms with Crippen molar-refractivity contribution in [1.29, 1.82) is 0 Å². The fourth-order valence-corrected chi connectivity index (χ4v) is 2.16. The van der Waals surface area contributed by atoms with E-state index in [0.29, 0.717) is 23.8 Å². The highest BCUT2D eigenvalue weighted by molar-refractivity contribution is 5.91. The van der Waals surface area contributed by atoms with Gasteiger partial charge in [0.05, 0.1) is 27.0 Å². The molecule has 0 aliphatic carbocycles. The molecule has 2 rings (SSSR count). The van der Waals surface area contributed by atoms with E-state index in [2.05, 4.69) is 5.32 Å². The molecule has 24 heavy (non-hydrogen) atoms. The molecule has 0 radical (unpaired) electrons. The van der Waals surface area contributed by atoms with Gasteiger partial charge in [-0.15, -0.1) is 0 Å². The number of hydrogen-bond acceptors (Lipinski definition) is 5. The van der Waals surface area contributed by atoms with Crippen molar-refractivity contribution in [3.05, 3.63) is 54.0 Å². The molecule has 2 aromatic rings. The number of hydrogen-bond donors (Lipinski definition) is 1. The molecule has 0 saturated heterocycles. The van der Waals surface area contributed by atoms with Gasteiger partial charge < -0.3 is 23.9 Å². The van der Waals surface area contributed by atoms with E-state index in [9.17, 15) is 4.79 Å². The largest absolute Gasteiger partial charge is 0.493 e. The molecular weight excluding hydrogens is 310 g/mol. The molecule has 0 aliphatic rings. The van der Waals surface area contributed by atoms with Gasteiger partial charge in [0.2, 0.25) is 5.91 Å². The van der Waals surface area contributed by atoms with Crippen molar-refractivity contribution in [3.63, 3.8) is 0 Å². The van der Waals surface area contributed by atoms with Crippen molar-refractivity contribution >= 4 is 12.0 Å². The van der Waals surface area contributed by atoms with Gasteiger partial charge in [-0.3, -0.25) is 4.79 Å². The predicted molar refractivity (Wildman–Crippen MR) is 90.0 cm³/mol. The van der Waals surface area contributed by atoms with Gasteiger partial charge in [-0.05, 0) is 35.9 Å². The SMILES string of the molecule is COc1ccc(/C=C/C(=O)NC[C@H](OC)c2ccco2)cc1OC. The summed E-state index contributed by atoms with van der Waals surface area (Å²) in [6, 6.07) is 9.00. The number of rotatable bonds is 8. The molecule has 6 nitrogen and oxygen atoms in total. The maximum absolute atomic E-state index is 11.9. The molecule has 0 fully saturated rings. The van der Waals surface area contributed by atoms with Crippen LogP contribution in [0.3, 0.4) is 0 Å². The van der Waals surface area contributed by atoms with Crippen molar-refractivity contribution in [2.75, 3.05) is 27.9 Å². The van der Waals surface area contributed by atoms with Gasteiger partial charge in [-0.1, -0.05) is 6.07 Å². The van der Waals surface area contributed by atoms with Crippen LogP contribution in [0.15, 0.2) is 47.1 Å². The maximum atomic E-state index is 11.9. The minimum atomic E-state index is -0.321. The van der Waals surface area contributed by atoms with E-state index in [4.69, 9.17) is 18.6 Å². The molecule has 1 aromatic heterocycles. The van der Waals surface area contributed by atoms with E-state index in [1.54, 1.807) is 57.9 Å². The Bertz CT molecular complexity index is 679. The summed E-state index contributed by atoms with van der Waals surface area (Å²) < 4.78 is 21.0. The van der Waals surface area contributed by atoms with E-state index in [1.165, 1.54) is 6.08 Å². The second-order valence-corrected chi connectivity index (χ2v) is 4.93. The Labute approximate surface area is 141 Å². The van der Waals surface area contributed by atoms with Crippen LogP contribution < -0.4 is 14.8 Å². The summed E-state index contributed by atoms with van der Waals surface area (Å²) in [5, 5.41) is 2.78. The third-order valence-corrected chi connectivity index (χ3v) is 3.44. The monoisotopic (exact) mass is 331 g/mol. The Morgan fingerprint density at radius 2 is 2.00 bits per heavy atom. The third-order valence-electron chi connectivity index (χ3n) is 3.44. The van der Waals surface area contributed by atoms with Gasteiger partial charge in [0, 0.05) is 13.2 Å². The molecular formula is C18H21NO5. The van der Waals surface area contributed by atoms with Crippen LogP contribution in [-0.4, -0.2) is 33.8 Å². The first kappa shape index (κ1) is 17.6. The summed E-state index contributed by atoms with van der Waals surface area (Å²) in [6.07, 6.45) is 4.40. The summed E-state index contributed by atoms with van der Waals surface area (Å²) in [6.45, 7) is 0.319. The van der Waals surface area contributed by atoms with Gasteiger partial charge in [0.1, 0.15) is 11.9 Å². The third kappa shape index (κ3) is 4.63. The average Bonchev–Trinajstić information content (AvgIpc) is 3.14. The van der Waals surface area contributed by atoms with Crippen molar-refractivity contribution in [3.8, 4) is 11.5 Å². The van der Waals surface area contributed by atoms with Crippen LogP contribution >= 0.6 is 0 Å². The van der Waals surface area contributed by atoms with E-state index < -0.39 is 0 Å². The molecule has 1 atom stereocenters. The van der Waals surface area contributed by atoms with Crippen molar-refractivity contribution in [1.82, 2.24) is 5.32 Å². The first-order valence-corrected chi connectivity index (χ1v) is 7.42. The van der Waals surface area contributed by atoms with Crippen LogP contribution in [0, 0.1) is 0 Å². The molecule has 0 unspecified atom stereocenters. The lowest BCUT2D eigenvalue weighted by Crippen LogP contribution is -2.27. The summed E-state index contributed by atoms with van der Waals surface area (Å²) in [4.78, 5) is 11.9. The second-order valence-electron chi connectivity index (χ2n) is 4.93. The molecule has 0 bridgehead atoms. The molecule has 1 heterocycles.